The maximum absolute atomic E-state index is 12.3. The molecule has 0 spiro atoms. The number of rotatable bonds is 2. The molecule has 1 aromatic carbocycles. The minimum atomic E-state index is -0.654. The van der Waals surface area contributed by atoms with Crippen LogP contribution in [0, 0.1) is 0 Å². The summed E-state index contributed by atoms with van der Waals surface area (Å²) in [6, 6.07) is 5.12. The molecule has 1 saturated heterocycles. The molecule has 1 aromatic rings. The van der Waals surface area contributed by atoms with Crippen LogP contribution in [-0.4, -0.2) is 55.3 Å². The van der Waals surface area contributed by atoms with Crippen LogP contribution in [0.4, 0.5) is 5.69 Å². The minimum absolute atomic E-state index is 0.117. The van der Waals surface area contributed by atoms with Crippen LogP contribution in [0.15, 0.2) is 22.7 Å². The Bertz CT molecular complexity index is 625. The van der Waals surface area contributed by atoms with Crippen molar-refractivity contribution in [3.63, 3.8) is 0 Å². The van der Waals surface area contributed by atoms with E-state index in [9.17, 15) is 14.4 Å². The van der Waals surface area contributed by atoms with Crippen LogP contribution < -0.4 is 4.90 Å². The van der Waals surface area contributed by atoms with Gasteiger partial charge in [0.15, 0.2) is 0 Å². The number of benzene rings is 1. The predicted molar refractivity (Wildman–Crippen MR) is 78.2 cm³/mol. The molecule has 0 radical (unpaired) electrons. The molecule has 0 aliphatic carbocycles. The maximum atomic E-state index is 12.3. The van der Waals surface area contributed by atoms with Gasteiger partial charge in [0, 0.05) is 17.6 Å². The molecule has 0 saturated carbocycles. The van der Waals surface area contributed by atoms with E-state index >= 15 is 0 Å². The van der Waals surface area contributed by atoms with Crippen molar-refractivity contribution in [3.05, 3.63) is 28.2 Å². The zero-order valence-electron chi connectivity index (χ0n) is 11.2. The summed E-state index contributed by atoms with van der Waals surface area (Å²) >= 11 is 3.27. The second-order valence-electron chi connectivity index (χ2n) is 4.85. The lowest BCUT2D eigenvalue weighted by Gasteiger charge is -2.28. The van der Waals surface area contributed by atoms with Crippen molar-refractivity contribution >= 4 is 39.2 Å². The van der Waals surface area contributed by atoms with E-state index < -0.39 is 11.7 Å². The molecule has 7 heteroatoms. The van der Waals surface area contributed by atoms with E-state index in [0.29, 0.717) is 42.0 Å². The molecular weight excluding hydrogens is 340 g/mol. The number of Topliss-reactive ketones (excluding diaryl/α,β-unsaturated/α-hetero) is 1. The summed E-state index contributed by atoms with van der Waals surface area (Å²) in [4.78, 5) is 39.3. The molecule has 21 heavy (non-hydrogen) atoms. The zero-order chi connectivity index (χ0) is 15.0. The second kappa shape index (κ2) is 5.57. The number of nitrogens with zero attached hydrogens (tertiary/aromatic N) is 2. The zero-order valence-corrected chi connectivity index (χ0v) is 12.8. The summed E-state index contributed by atoms with van der Waals surface area (Å²) in [6.45, 7) is 1.91. The molecular formula is C14H13BrN2O4. The number of carbonyl (C=O) groups is 3. The number of amides is 2. The summed E-state index contributed by atoms with van der Waals surface area (Å²) in [6.07, 6.45) is 0. The van der Waals surface area contributed by atoms with Crippen LogP contribution in [-0.2, 0) is 14.3 Å². The first kappa shape index (κ1) is 14.2. The van der Waals surface area contributed by atoms with Gasteiger partial charge in [-0.1, -0.05) is 6.07 Å². The lowest BCUT2D eigenvalue weighted by molar-refractivity contribution is -0.134. The largest absolute Gasteiger partial charge is 0.378 e. The fraction of sp³-hybridized carbons (Fsp3) is 0.357. The van der Waals surface area contributed by atoms with Gasteiger partial charge in [-0.3, -0.25) is 19.3 Å². The van der Waals surface area contributed by atoms with Crippen LogP contribution >= 0.6 is 15.9 Å². The predicted octanol–water partition coefficient (Wildman–Crippen LogP) is 0.837. The summed E-state index contributed by atoms with van der Waals surface area (Å²) in [5, 5.41) is 0. The Morgan fingerprint density at radius 1 is 1.24 bits per heavy atom. The normalized spacial score (nSPS) is 18.1. The third-order valence-electron chi connectivity index (χ3n) is 3.61. The molecule has 3 rings (SSSR count). The van der Waals surface area contributed by atoms with E-state index in [2.05, 4.69) is 15.9 Å². The van der Waals surface area contributed by atoms with Crippen molar-refractivity contribution in [2.75, 3.05) is 37.7 Å². The Balaban J connectivity index is 1.83. The molecule has 110 valence electrons. The summed E-state index contributed by atoms with van der Waals surface area (Å²) < 4.78 is 5.76. The molecule has 0 bridgehead atoms. The van der Waals surface area contributed by atoms with Gasteiger partial charge in [0.1, 0.15) is 6.54 Å². The quantitative estimate of drug-likeness (QED) is 0.739. The molecule has 0 atom stereocenters. The average molecular weight is 353 g/mol. The molecule has 2 amide bonds. The van der Waals surface area contributed by atoms with Crippen molar-refractivity contribution in [2.24, 2.45) is 0 Å². The van der Waals surface area contributed by atoms with Crippen molar-refractivity contribution in [1.82, 2.24) is 4.90 Å². The Morgan fingerprint density at radius 2 is 1.95 bits per heavy atom. The standard InChI is InChI=1S/C14H13BrN2O4/c15-9-2-1-3-10-12(9)13(19)14(20)17(10)8-11(18)16-4-6-21-7-5-16/h1-3H,4-8H2. The summed E-state index contributed by atoms with van der Waals surface area (Å²) in [7, 11) is 0. The average Bonchev–Trinajstić information content (AvgIpc) is 2.74. The van der Waals surface area contributed by atoms with Gasteiger partial charge in [-0.2, -0.15) is 0 Å². The van der Waals surface area contributed by atoms with E-state index in [1.54, 1.807) is 23.1 Å². The number of anilines is 1. The third kappa shape index (κ3) is 2.47. The highest BCUT2D eigenvalue weighted by atomic mass is 79.9. The van der Waals surface area contributed by atoms with Gasteiger partial charge in [0.25, 0.3) is 11.7 Å². The van der Waals surface area contributed by atoms with Gasteiger partial charge in [0.05, 0.1) is 24.5 Å². The maximum Gasteiger partial charge on any atom is 0.299 e. The van der Waals surface area contributed by atoms with Crippen molar-refractivity contribution in [3.8, 4) is 0 Å². The van der Waals surface area contributed by atoms with Gasteiger partial charge in [-0.25, -0.2) is 0 Å². The molecule has 2 aliphatic rings. The SMILES string of the molecule is O=C1C(=O)N(CC(=O)N2CCOCC2)c2cccc(Br)c21. The van der Waals surface area contributed by atoms with E-state index in [4.69, 9.17) is 4.74 Å². The number of ketones is 1. The fourth-order valence-corrected chi connectivity index (χ4v) is 3.04. The summed E-state index contributed by atoms with van der Waals surface area (Å²) in [5.74, 6) is -1.40. The number of ether oxygens (including phenoxy) is 1. The first-order chi connectivity index (χ1) is 10.1. The van der Waals surface area contributed by atoms with Gasteiger partial charge in [-0.05, 0) is 28.1 Å². The highest BCUT2D eigenvalue weighted by molar-refractivity contribution is 9.10. The van der Waals surface area contributed by atoms with E-state index in [1.165, 1.54) is 4.90 Å². The molecule has 0 N–H and O–H groups in total. The monoisotopic (exact) mass is 352 g/mol. The highest BCUT2D eigenvalue weighted by Gasteiger charge is 2.38. The molecule has 2 aliphatic heterocycles. The van der Waals surface area contributed by atoms with E-state index in [1.807, 2.05) is 0 Å². The lowest BCUT2D eigenvalue weighted by atomic mass is 10.1. The van der Waals surface area contributed by atoms with Crippen molar-refractivity contribution in [1.29, 1.82) is 0 Å². The highest BCUT2D eigenvalue weighted by Crippen LogP contribution is 2.34. The first-order valence-corrected chi connectivity index (χ1v) is 7.39. The molecule has 0 aromatic heterocycles. The second-order valence-corrected chi connectivity index (χ2v) is 5.70. The van der Waals surface area contributed by atoms with Crippen LogP contribution in [0.25, 0.3) is 0 Å². The number of hydrogen-bond donors (Lipinski definition) is 0. The Morgan fingerprint density at radius 3 is 2.67 bits per heavy atom. The Labute approximate surface area is 129 Å². The lowest BCUT2D eigenvalue weighted by Crippen LogP contribution is -2.46. The Kier molecular flexibility index (Phi) is 3.77. The van der Waals surface area contributed by atoms with E-state index in [-0.39, 0.29) is 12.5 Å². The summed E-state index contributed by atoms with van der Waals surface area (Å²) in [5.41, 5.74) is 0.818. The van der Waals surface area contributed by atoms with Gasteiger partial charge in [-0.15, -0.1) is 0 Å². The third-order valence-corrected chi connectivity index (χ3v) is 4.27. The molecule has 1 fully saturated rings. The number of halogens is 1. The van der Waals surface area contributed by atoms with Gasteiger partial charge < -0.3 is 9.64 Å². The van der Waals surface area contributed by atoms with Crippen LogP contribution in [0.1, 0.15) is 10.4 Å². The van der Waals surface area contributed by atoms with Crippen LogP contribution in [0.2, 0.25) is 0 Å². The Hall–Kier alpha value is -1.73. The molecule has 0 unspecified atom stereocenters. The number of hydrogen-bond acceptors (Lipinski definition) is 4. The number of morpholine rings is 1. The van der Waals surface area contributed by atoms with Crippen molar-refractivity contribution in [2.45, 2.75) is 0 Å². The number of carbonyl (C=O) groups excluding carboxylic acids is 3. The van der Waals surface area contributed by atoms with E-state index in [0.717, 1.165) is 0 Å². The fourth-order valence-electron chi connectivity index (χ4n) is 2.51. The van der Waals surface area contributed by atoms with Gasteiger partial charge >= 0.3 is 0 Å². The smallest absolute Gasteiger partial charge is 0.299 e. The number of fused-ring (bicyclic) bond motifs is 1. The first-order valence-electron chi connectivity index (χ1n) is 6.60. The van der Waals surface area contributed by atoms with Crippen molar-refractivity contribution < 1.29 is 19.1 Å². The molecule has 2 heterocycles. The molecule has 6 nitrogen and oxygen atoms in total. The van der Waals surface area contributed by atoms with Crippen LogP contribution in [0.5, 0.6) is 0 Å². The van der Waals surface area contributed by atoms with Crippen LogP contribution in [0.3, 0.4) is 0 Å². The van der Waals surface area contributed by atoms with Gasteiger partial charge in [0.2, 0.25) is 5.91 Å². The minimum Gasteiger partial charge on any atom is -0.378 e. The topological polar surface area (TPSA) is 66.9 Å².